The lowest BCUT2D eigenvalue weighted by molar-refractivity contribution is 0.0696. The highest BCUT2D eigenvalue weighted by atomic mass is 32.2. The van der Waals surface area contributed by atoms with Crippen LogP contribution in [0.3, 0.4) is 0 Å². The molecule has 1 heterocycles. The molecule has 7 heteroatoms. The van der Waals surface area contributed by atoms with Gasteiger partial charge in [-0.2, -0.15) is 0 Å². The Morgan fingerprint density at radius 3 is 2.32 bits per heavy atom. The molecule has 0 aromatic heterocycles. The smallest absolute Gasteiger partial charge is 0.335 e. The summed E-state index contributed by atoms with van der Waals surface area (Å²) in [4.78, 5) is 26.3. The number of carboxylic acid groups (broad SMARTS) is 1. The molecule has 188 valence electrons. The van der Waals surface area contributed by atoms with Crippen molar-refractivity contribution >= 4 is 35.9 Å². The van der Waals surface area contributed by atoms with Gasteiger partial charge in [0.05, 0.1) is 18.0 Å². The van der Waals surface area contributed by atoms with Gasteiger partial charge in [-0.1, -0.05) is 72.8 Å². The van der Waals surface area contributed by atoms with Crippen LogP contribution in [0.25, 0.3) is 12.2 Å². The van der Waals surface area contributed by atoms with Gasteiger partial charge in [-0.05, 0) is 52.4 Å². The van der Waals surface area contributed by atoms with Gasteiger partial charge in [-0.3, -0.25) is 4.90 Å². The van der Waals surface area contributed by atoms with E-state index in [-0.39, 0.29) is 29.4 Å². The number of ether oxygens (including phenoxy) is 1. The van der Waals surface area contributed by atoms with Crippen molar-refractivity contribution in [2.45, 2.75) is 24.8 Å². The molecular formula is C30H28N2O4S. The zero-order valence-electron chi connectivity index (χ0n) is 20.5. The van der Waals surface area contributed by atoms with Crippen molar-refractivity contribution in [1.29, 1.82) is 0 Å². The number of amides is 2. The van der Waals surface area contributed by atoms with E-state index >= 15 is 0 Å². The van der Waals surface area contributed by atoms with Gasteiger partial charge >= 0.3 is 12.0 Å². The van der Waals surface area contributed by atoms with Crippen LogP contribution in [0.1, 0.15) is 51.0 Å². The van der Waals surface area contributed by atoms with Crippen molar-refractivity contribution in [1.82, 2.24) is 10.2 Å². The summed E-state index contributed by atoms with van der Waals surface area (Å²) >= 11 is 1.55. The quantitative estimate of drug-likeness (QED) is 0.279. The molecule has 0 fully saturated rings. The van der Waals surface area contributed by atoms with E-state index in [4.69, 9.17) is 4.74 Å². The molecule has 0 radical (unpaired) electrons. The summed E-state index contributed by atoms with van der Waals surface area (Å²) in [6, 6.07) is 23.2. The Labute approximate surface area is 220 Å². The van der Waals surface area contributed by atoms with Crippen LogP contribution in [0.15, 0.2) is 84.6 Å². The Morgan fingerprint density at radius 2 is 1.68 bits per heavy atom. The molecule has 2 amide bonds. The van der Waals surface area contributed by atoms with E-state index in [2.05, 4.69) is 41.7 Å². The fourth-order valence-corrected chi connectivity index (χ4v) is 5.79. The average molecular weight is 513 g/mol. The number of rotatable bonds is 8. The van der Waals surface area contributed by atoms with Crippen molar-refractivity contribution in [2.24, 2.45) is 0 Å². The fourth-order valence-electron chi connectivity index (χ4n) is 4.82. The minimum Gasteiger partial charge on any atom is -0.478 e. The summed E-state index contributed by atoms with van der Waals surface area (Å²) < 4.78 is 5.63. The van der Waals surface area contributed by atoms with Gasteiger partial charge in [0.2, 0.25) is 0 Å². The van der Waals surface area contributed by atoms with Crippen molar-refractivity contribution < 1.29 is 19.4 Å². The van der Waals surface area contributed by atoms with E-state index in [1.807, 2.05) is 43.5 Å². The zero-order chi connectivity index (χ0) is 25.8. The van der Waals surface area contributed by atoms with Crippen LogP contribution in [0.5, 0.6) is 0 Å². The largest absolute Gasteiger partial charge is 0.478 e. The Bertz CT molecular complexity index is 1330. The molecule has 5 rings (SSSR count). The average Bonchev–Trinajstić information content (AvgIpc) is 3.07. The number of hydrogen-bond donors (Lipinski definition) is 2. The maximum absolute atomic E-state index is 13.2. The third-order valence-corrected chi connectivity index (χ3v) is 7.59. The molecule has 2 N–H and O–H groups in total. The van der Waals surface area contributed by atoms with Gasteiger partial charge in [-0.25, -0.2) is 9.59 Å². The Hall–Kier alpha value is -3.81. The van der Waals surface area contributed by atoms with E-state index in [1.165, 1.54) is 11.1 Å². The monoisotopic (exact) mass is 512 g/mol. The first-order valence-electron chi connectivity index (χ1n) is 12.2. The number of aromatic carboxylic acids is 1. The molecular weight excluding hydrogens is 484 g/mol. The molecule has 0 spiro atoms. The number of carbonyl (C=O) groups is 2. The van der Waals surface area contributed by atoms with Crippen molar-refractivity contribution in [3.63, 3.8) is 0 Å². The molecule has 0 saturated carbocycles. The van der Waals surface area contributed by atoms with Crippen LogP contribution >= 0.6 is 11.8 Å². The Kier molecular flexibility index (Phi) is 7.44. The lowest BCUT2D eigenvalue weighted by Crippen LogP contribution is -2.47. The first-order chi connectivity index (χ1) is 18.0. The van der Waals surface area contributed by atoms with Gasteiger partial charge in [0.1, 0.15) is 5.37 Å². The summed E-state index contributed by atoms with van der Waals surface area (Å²) in [6.45, 7) is 2.80. The maximum atomic E-state index is 13.2. The summed E-state index contributed by atoms with van der Waals surface area (Å²) in [5, 5.41) is 12.3. The summed E-state index contributed by atoms with van der Waals surface area (Å²) in [5.74, 6) is -0.629. The number of benzene rings is 3. The highest BCUT2D eigenvalue weighted by Crippen LogP contribution is 2.43. The molecule has 3 aromatic carbocycles. The number of carboxylic acids is 1. The lowest BCUT2D eigenvalue weighted by atomic mass is 9.81. The van der Waals surface area contributed by atoms with Crippen LogP contribution in [0, 0.1) is 0 Å². The molecule has 0 bridgehead atoms. The molecule has 37 heavy (non-hydrogen) atoms. The zero-order valence-corrected chi connectivity index (χ0v) is 21.3. The first-order valence-corrected chi connectivity index (χ1v) is 13.3. The lowest BCUT2D eigenvalue weighted by Gasteiger charge is -2.36. The predicted molar refractivity (Wildman–Crippen MR) is 147 cm³/mol. The second-order valence-electron chi connectivity index (χ2n) is 8.89. The van der Waals surface area contributed by atoms with Crippen LogP contribution in [-0.4, -0.2) is 39.9 Å². The topological polar surface area (TPSA) is 78.9 Å². The molecule has 1 unspecified atom stereocenters. The van der Waals surface area contributed by atoms with E-state index in [0.29, 0.717) is 12.5 Å². The number of nitrogens with one attached hydrogen (secondary N) is 1. The number of urea groups is 1. The minimum absolute atomic E-state index is 0.0880. The maximum Gasteiger partial charge on any atom is 0.335 e. The molecule has 1 atom stereocenters. The molecule has 3 aromatic rings. The van der Waals surface area contributed by atoms with Crippen molar-refractivity contribution in [2.75, 3.05) is 12.5 Å². The molecule has 1 aliphatic carbocycles. The van der Waals surface area contributed by atoms with Gasteiger partial charge in [0.15, 0.2) is 0 Å². The molecule has 0 saturated heterocycles. The highest BCUT2D eigenvalue weighted by Gasteiger charge is 2.35. The highest BCUT2D eigenvalue weighted by molar-refractivity contribution is 7.99. The predicted octanol–water partition coefficient (Wildman–Crippen LogP) is 6.16. The fraction of sp³-hybridized carbons (Fsp3) is 0.200. The normalized spacial score (nSPS) is 16.9. The van der Waals surface area contributed by atoms with Crippen LogP contribution < -0.4 is 5.32 Å². The van der Waals surface area contributed by atoms with Gasteiger partial charge < -0.3 is 15.2 Å². The van der Waals surface area contributed by atoms with Crippen molar-refractivity contribution in [3.8, 4) is 0 Å². The number of nitrogens with zero attached hydrogens (tertiary/aromatic N) is 1. The molecule has 2 aliphatic rings. The van der Waals surface area contributed by atoms with Crippen molar-refractivity contribution in [3.05, 3.63) is 118 Å². The summed E-state index contributed by atoms with van der Waals surface area (Å²) in [7, 11) is 0. The van der Waals surface area contributed by atoms with E-state index < -0.39 is 5.97 Å². The van der Waals surface area contributed by atoms with Crippen LogP contribution in [-0.2, 0) is 11.3 Å². The number of thioether (sulfide) groups is 1. The first kappa shape index (κ1) is 24.9. The summed E-state index contributed by atoms with van der Waals surface area (Å²) in [6.07, 6.45) is 6.24. The molecule has 1 aliphatic heterocycles. The van der Waals surface area contributed by atoms with Gasteiger partial charge in [0, 0.05) is 18.7 Å². The second kappa shape index (κ2) is 11.1. The Morgan fingerprint density at radius 1 is 1.00 bits per heavy atom. The SMILES string of the molecule is CCOCSC1NC(=O)N(Cc2cccc(C(=O)O)c2)C=C1C1c2ccccc2C=Cc2ccccc21. The second-order valence-corrected chi connectivity index (χ2v) is 9.93. The minimum atomic E-state index is -0.993. The van der Waals surface area contributed by atoms with E-state index in [9.17, 15) is 14.7 Å². The summed E-state index contributed by atoms with van der Waals surface area (Å²) in [5.41, 5.74) is 6.59. The van der Waals surface area contributed by atoms with Crippen LogP contribution in [0.2, 0.25) is 0 Å². The number of hydrogen-bond acceptors (Lipinski definition) is 4. The number of fused-ring (bicyclic) bond motifs is 2. The van der Waals surface area contributed by atoms with E-state index in [1.54, 1.807) is 34.9 Å². The molecule has 6 nitrogen and oxygen atoms in total. The van der Waals surface area contributed by atoms with Crippen LogP contribution in [0.4, 0.5) is 4.79 Å². The van der Waals surface area contributed by atoms with E-state index in [0.717, 1.165) is 22.3 Å². The number of carbonyl (C=O) groups excluding carboxylic acids is 1. The standard InChI is InChI=1S/C30H28N2O4S/c1-2-36-19-37-28-26(18-32(30(35)31-28)17-20-8-7-11-23(16-20)29(33)34)27-24-12-5-3-9-21(24)14-15-22-10-4-6-13-25(22)27/h3-16,18,27-28H,2,17,19H2,1H3,(H,31,35)(H,33,34). The third kappa shape index (κ3) is 5.33. The Balaban J connectivity index is 1.60. The van der Waals surface area contributed by atoms with Gasteiger partial charge in [0.25, 0.3) is 0 Å². The van der Waals surface area contributed by atoms with Gasteiger partial charge in [-0.15, -0.1) is 11.8 Å². The third-order valence-electron chi connectivity index (χ3n) is 6.56.